The summed E-state index contributed by atoms with van der Waals surface area (Å²) in [5, 5.41) is 10.3. The van der Waals surface area contributed by atoms with Crippen molar-refractivity contribution in [3.8, 4) is 5.75 Å². The molecule has 0 unspecified atom stereocenters. The zero-order chi connectivity index (χ0) is 12.6. The first kappa shape index (κ1) is 12.0. The van der Waals surface area contributed by atoms with E-state index in [0.717, 1.165) is 24.0 Å². The third-order valence-corrected chi connectivity index (χ3v) is 4.61. The van der Waals surface area contributed by atoms with Gasteiger partial charge in [-0.1, -0.05) is 19.3 Å². The molecule has 1 fully saturated rings. The molecule has 0 saturated heterocycles. The van der Waals surface area contributed by atoms with Crippen molar-refractivity contribution >= 4 is 0 Å². The van der Waals surface area contributed by atoms with E-state index in [0.29, 0.717) is 25.5 Å². The van der Waals surface area contributed by atoms with Crippen LogP contribution in [0, 0.1) is 0 Å². The SMILES string of the molecule is NCC1(c2cc3c(cc2O)COC3)CCCCC1. The lowest BCUT2D eigenvalue weighted by Crippen LogP contribution is -2.37. The molecule has 0 aromatic heterocycles. The van der Waals surface area contributed by atoms with Crippen molar-refractivity contribution in [1.82, 2.24) is 0 Å². The highest BCUT2D eigenvalue weighted by atomic mass is 16.5. The van der Waals surface area contributed by atoms with Gasteiger partial charge in [0.2, 0.25) is 0 Å². The molecule has 18 heavy (non-hydrogen) atoms. The largest absolute Gasteiger partial charge is 0.508 e. The Morgan fingerprint density at radius 2 is 1.78 bits per heavy atom. The van der Waals surface area contributed by atoms with Crippen LogP contribution in [0.3, 0.4) is 0 Å². The van der Waals surface area contributed by atoms with Crippen LogP contribution in [0.2, 0.25) is 0 Å². The third kappa shape index (κ3) is 1.82. The topological polar surface area (TPSA) is 55.5 Å². The monoisotopic (exact) mass is 247 g/mol. The molecule has 1 saturated carbocycles. The molecule has 0 radical (unpaired) electrons. The molecule has 3 rings (SSSR count). The molecule has 1 aliphatic heterocycles. The van der Waals surface area contributed by atoms with Crippen molar-refractivity contribution in [1.29, 1.82) is 0 Å². The molecule has 3 N–H and O–H groups in total. The summed E-state index contributed by atoms with van der Waals surface area (Å²) in [7, 11) is 0. The molecule has 3 nitrogen and oxygen atoms in total. The van der Waals surface area contributed by atoms with E-state index in [2.05, 4.69) is 6.07 Å². The van der Waals surface area contributed by atoms with Crippen LogP contribution in [-0.4, -0.2) is 11.7 Å². The second kappa shape index (κ2) is 4.56. The molecule has 1 aliphatic carbocycles. The summed E-state index contributed by atoms with van der Waals surface area (Å²) >= 11 is 0. The molecular formula is C15H21NO2. The minimum Gasteiger partial charge on any atom is -0.508 e. The van der Waals surface area contributed by atoms with E-state index in [1.165, 1.54) is 24.8 Å². The lowest BCUT2D eigenvalue weighted by atomic mass is 9.68. The Morgan fingerprint density at radius 3 is 2.44 bits per heavy atom. The summed E-state index contributed by atoms with van der Waals surface area (Å²) in [5.41, 5.74) is 9.43. The van der Waals surface area contributed by atoms with Crippen LogP contribution in [0.5, 0.6) is 5.75 Å². The number of fused-ring (bicyclic) bond motifs is 1. The molecule has 1 aromatic carbocycles. The van der Waals surface area contributed by atoms with Crippen molar-refractivity contribution in [3.05, 3.63) is 28.8 Å². The molecule has 1 aromatic rings. The number of phenols is 1. The van der Waals surface area contributed by atoms with Crippen LogP contribution in [0.4, 0.5) is 0 Å². The predicted octanol–water partition coefficient (Wildman–Crippen LogP) is 2.58. The first-order chi connectivity index (χ1) is 8.75. The lowest BCUT2D eigenvalue weighted by molar-refractivity contribution is 0.134. The molecular weight excluding hydrogens is 226 g/mol. The number of nitrogens with two attached hydrogens (primary N) is 1. The quantitative estimate of drug-likeness (QED) is 0.844. The van der Waals surface area contributed by atoms with Gasteiger partial charge in [-0.05, 0) is 36.1 Å². The van der Waals surface area contributed by atoms with Crippen molar-refractivity contribution in [2.45, 2.75) is 50.7 Å². The Balaban J connectivity index is 2.04. The molecule has 98 valence electrons. The first-order valence-corrected chi connectivity index (χ1v) is 6.88. The molecule has 1 heterocycles. The maximum Gasteiger partial charge on any atom is 0.119 e. The van der Waals surface area contributed by atoms with Crippen LogP contribution in [0.15, 0.2) is 12.1 Å². The van der Waals surface area contributed by atoms with Gasteiger partial charge in [0.25, 0.3) is 0 Å². The van der Waals surface area contributed by atoms with Gasteiger partial charge in [0.05, 0.1) is 13.2 Å². The van der Waals surface area contributed by atoms with E-state index in [1.807, 2.05) is 6.07 Å². The Hall–Kier alpha value is -1.06. The van der Waals surface area contributed by atoms with E-state index < -0.39 is 0 Å². The predicted molar refractivity (Wildman–Crippen MR) is 70.4 cm³/mol. The van der Waals surface area contributed by atoms with Crippen molar-refractivity contribution in [2.75, 3.05) is 6.54 Å². The van der Waals surface area contributed by atoms with E-state index in [9.17, 15) is 5.11 Å². The van der Waals surface area contributed by atoms with E-state index in [-0.39, 0.29) is 5.41 Å². The highest BCUT2D eigenvalue weighted by Gasteiger charge is 2.35. The zero-order valence-electron chi connectivity index (χ0n) is 10.7. The summed E-state index contributed by atoms with van der Waals surface area (Å²) in [6.07, 6.45) is 5.90. The molecule has 2 aliphatic rings. The molecule has 0 bridgehead atoms. The standard InChI is InChI=1S/C15H21NO2/c16-10-15(4-2-1-3-5-15)13-6-11-8-18-9-12(11)7-14(13)17/h6-7,17H,1-5,8-10,16H2. The second-order valence-electron chi connectivity index (χ2n) is 5.68. The summed E-state index contributed by atoms with van der Waals surface area (Å²) < 4.78 is 5.44. The fraction of sp³-hybridized carbons (Fsp3) is 0.600. The minimum absolute atomic E-state index is 0.0139. The van der Waals surface area contributed by atoms with Gasteiger partial charge in [-0.15, -0.1) is 0 Å². The smallest absolute Gasteiger partial charge is 0.119 e. The van der Waals surface area contributed by atoms with Gasteiger partial charge in [0.1, 0.15) is 5.75 Å². The lowest BCUT2D eigenvalue weighted by Gasteiger charge is -2.37. The van der Waals surface area contributed by atoms with Crippen LogP contribution >= 0.6 is 0 Å². The van der Waals surface area contributed by atoms with Crippen LogP contribution in [0.25, 0.3) is 0 Å². The maximum absolute atomic E-state index is 10.3. The van der Waals surface area contributed by atoms with E-state index in [4.69, 9.17) is 10.5 Å². The van der Waals surface area contributed by atoms with Gasteiger partial charge in [0, 0.05) is 17.5 Å². The summed E-state index contributed by atoms with van der Waals surface area (Å²) in [6, 6.07) is 4.01. The number of hydrogen-bond donors (Lipinski definition) is 2. The zero-order valence-corrected chi connectivity index (χ0v) is 10.7. The molecule has 3 heteroatoms. The second-order valence-corrected chi connectivity index (χ2v) is 5.68. The number of hydrogen-bond acceptors (Lipinski definition) is 3. The highest BCUT2D eigenvalue weighted by molar-refractivity contribution is 5.47. The minimum atomic E-state index is -0.0139. The number of phenolic OH excluding ortho intramolecular Hbond substituents is 1. The average molecular weight is 247 g/mol. The number of rotatable bonds is 2. The van der Waals surface area contributed by atoms with Crippen LogP contribution in [0.1, 0.15) is 48.8 Å². The Bertz CT molecular complexity index is 450. The summed E-state index contributed by atoms with van der Waals surface area (Å²) in [4.78, 5) is 0. The van der Waals surface area contributed by atoms with Crippen molar-refractivity contribution in [3.63, 3.8) is 0 Å². The Morgan fingerprint density at radius 1 is 1.11 bits per heavy atom. The maximum atomic E-state index is 10.3. The summed E-state index contributed by atoms with van der Waals surface area (Å²) in [5.74, 6) is 0.409. The fourth-order valence-corrected chi connectivity index (χ4v) is 3.45. The third-order valence-electron chi connectivity index (χ3n) is 4.61. The van der Waals surface area contributed by atoms with Gasteiger partial charge in [-0.2, -0.15) is 0 Å². The molecule has 0 atom stereocenters. The summed E-state index contributed by atoms with van der Waals surface area (Å²) in [6.45, 7) is 1.92. The highest BCUT2D eigenvalue weighted by Crippen LogP contribution is 2.44. The molecule has 0 spiro atoms. The normalized spacial score (nSPS) is 21.8. The Kier molecular flexibility index (Phi) is 3.04. The van der Waals surface area contributed by atoms with Gasteiger partial charge in [0.15, 0.2) is 0 Å². The van der Waals surface area contributed by atoms with Gasteiger partial charge in [-0.3, -0.25) is 0 Å². The number of benzene rings is 1. The Labute approximate surface area is 108 Å². The van der Waals surface area contributed by atoms with E-state index in [1.54, 1.807) is 0 Å². The van der Waals surface area contributed by atoms with E-state index >= 15 is 0 Å². The fourth-order valence-electron chi connectivity index (χ4n) is 3.45. The number of aromatic hydroxyl groups is 1. The molecule has 0 amide bonds. The number of ether oxygens (including phenoxy) is 1. The average Bonchev–Trinajstić information content (AvgIpc) is 2.85. The van der Waals surface area contributed by atoms with Crippen LogP contribution in [-0.2, 0) is 23.4 Å². The van der Waals surface area contributed by atoms with Crippen LogP contribution < -0.4 is 5.73 Å². The van der Waals surface area contributed by atoms with Crippen molar-refractivity contribution in [2.24, 2.45) is 5.73 Å². The van der Waals surface area contributed by atoms with Crippen molar-refractivity contribution < 1.29 is 9.84 Å². The van der Waals surface area contributed by atoms with Gasteiger partial charge >= 0.3 is 0 Å². The van der Waals surface area contributed by atoms with Gasteiger partial charge in [-0.25, -0.2) is 0 Å². The van der Waals surface area contributed by atoms with Gasteiger partial charge < -0.3 is 15.6 Å². The first-order valence-electron chi connectivity index (χ1n) is 6.88.